The van der Waals surface area contributed by atoms with Crippen molar-refractivity contribution in [2.45, 2.75) is 0 Å². The number of aromatic nitrogens is 2. The van der Waals surface area contributed by atoms with Gasteiger partial charge in [0.15, 0.2) is 0 Å². The molecule has 0 spiro atoms. The van der Waals surface area contributed by atoms with E-state index in [1.54, 1.807) is 0 Å². The summed E-state index contributed by atoms with van der Waals surface area (Å²) in [5.41, 5.74) is 2.85. The Morgan fingerprint density at radius 3 is 2.08 bits per heavy atom. The van der Waals surface area contributed by atoms with Crippen LogP contribution < -0.4 is 4.90 Å². The van der Waals surface area contributed by atoms with Crippen LogP contribution in [0, 0.1) is 0 Å². The number of rotatable bonds is 2. The van der Waals surface area contributed by atoms with E-state index < -0.39 is 0 Å². The van der Waals surface area contributed by atoms with Crippen LogP contribution in [0.15, 0.2) is 66.7 Å². The largest absolute Gasteiger partial charge is 0.354 e. The number of aromatic amines is 2. The van der Waals surface area contributed by atoms with E-state index in [-0.39, 0.29) is 11.8 Å². The Bertz CT molecular complexity index is 1130. The van der Waals surface area contributed by atoms with Gasteiger partial charge in [0.05, 0.1) is 11.3 Å². The number of nitrogens with zero attached hydrogens (tertiary/aromatic N) is 1. The van der Waals surface area contributed by atoms with Gasteiger partial charge in [0.2, 0.25) is 0 Å². The Labute approximate surface area is 142 Å². The molecule has 5 heteroatoms. The fraction of sp³-hybridized carbons (Fsp3) is 0. The predicted octanol–water partition coefficient (Wildman–Crippen LogP) is 3.61. The van der Waals surface area contributed by atoms with Gasteiger partial charge >= 0.3 is 0 Å². The van der Waals surface area contributed by atoms with Crippen LogP contribution >= 0.6 is 0 Å². The summed E-state index contributed by atoms with van der Waals surface area (Å²) < 4.78 is 0. The Morgan fingerprint density at radius 2 is 1.40 bits per heavy atom. The number of nitrogens with one attached hydrogen (secondary N) is 2. The molecule has 0 atom stereocenters. The normalized spacial score (nSPS) is 14.7. The van der Waals surface area contributed by atoms with Crippen LogP contribution in [0.2, 0.25) is 0 Å². The van der Waals surface area contributed by atoms with E-state index in [0.29, 0.717) is 17.1 Å². The number of fused-ring (bicyclic) bond motifs is 2. The molecule has 0 saturated carbocycles. The van der Waals surface area contributed by atoms with Gasteiger partial charge in [0, 0.05) is 27.9 Å². The SMILES string of the molecule is O=C1C=C(c2cc3ccccc3[nH]2)C(=O)N1c1cc2ccccc2[nH]1. The Kier molecular flexibility index (Phi) is 2.73. The molecule has 1 aliphatic heterocycles. The van der Waals surface area contributed by atoms with Crippen LogP contribution in [-0.4, -0.2) is 21.8 Å². The first-order valence-electron chi connectivity index (χ1n) is 7.97. The number of hydrogen-bond acceptors (Lipinski definition) is 2. The minimum Gasteiger partial charge on any atom is -0.354 e. The van der Waals surface area contributed by atoms with E-state index in [1.165, 1.54) is 11.0 Å². The Balaban J connectivity index is 1.57. The molecule has 0 radical (unpaired) electrons. The van der Waals surface area contributed by atoms with Crippen molar-refractivity contribution in [1.82, 2.24) is 9.97 Å². The quantitative estimate of drug-likeness (QED) is 0.552. The highest BCUT2D eigenvalue weighted by molar-refractivity contribution is 6.43. The number of benzene rings is 2. The number of imide groups is 1. The average molecular weight is 327 g/mol. The highest BCUT2D eigenvalue weighted by Crippen LogP contribution is 2.31. The van der Waals surface area contributed by atoms with Gasteiger partial charge in [0.25, 0.3) is 11.8 Å². The molecule has 5 nitrogen and oxygen atoms in total. The monoisotopic (exact) mass is 327 g/mol. The molecular weight excluding hydrogens is 314 g/mol. The highest BCUT2D eigenvalue weighted by atomic mass is 16.2. The smallest absolute Gasteiger partial charge is 0.268 e. The van der Waals surface area contributed by atoms with Gasteiger partial charge in [-0.3, -0.25) is 9.59 Å². The zero-order valence-electron chi connectivity index (χ0n) is 13.1. The van der Waals surface area contributed by atoms with Crippen molar-refractivity contribution < 1.29 is 9.59 Å². The highest BCUT2D eigenvalue weighted by Gasteiger charge is 2.34. The summed E-state index contributed by atoms with van der Waals surface area (Å²) in [6.45, 7) is 0. The van der Waals surface area contributed by atoms with Crippen molar-refractivity contribution >= 4 is 45.0 Å². The summed E-state index contributed by atoms with van der Waals surface area (Å²) in [5, 5.41) is 1.96. The third kappa shape index (κ3) is 2.03. The number of carbonyl (C=O) groups is 2. The summed E-state index contributed by atoms with van der Waals surface area (Å²) in [7, 11) is 0. The number of H-pyrrole nitrogens is 2. The van der Waals surface area contributed by atoms with Gasteiger partial charge in [0.1, 0.15) is 5.82 Å². The van der Waals surface area contributed by atoms with Crippen molar-refractivity contribution in [3.05, 3.63) is 72.4 Å². The van der Waals surface area contributed by atoms with Crippen LogP contribution in [-0.2, 0) is 9.59 Å². The maximum absolute atomic E-state index is 12.9. The van der Waals surface area contributed by atoms with Crippen LogP contribution in [0.5, 0.6) is 0 Å². The zero-order valence-corrected chi connectivity index (χ0v) is 13.1. The molecule has 0 saturated heterocycles. The third-order valence-corrected chi connectivity index (χ3v) is 4.50. The van der Waals surface area contributed by atoms with Crippen LogP contribution in [0.1, 0.15) is 5.69 Å². The molecule has 120 valence electrons. The van der Waals surface area contributed by atoms with Crippen LogP contribution in [0.3, 0.4) is 0 Å². The van der Waals surface area contributed by atoms with Crippen molar-refractivity contribution in [2.75, 3.05) is 4.90 Å². The molecule has 1 aliphatic rings. The molecule has 2 amide bonds. The molecule has 0 aliphatic carbocycles. The molecular formula is C20H13N3O2. The first-order valence-corrected chi connectivity index (χ1v) is 7.97. The molecule has 2 aromatic carbocycles. The van der Waals surface area contributed by atoms with Gasteiger partial charge in [-0.2, -0.15) is 0 Å². The van der Waals surface area contributed by atoms with Gasteiger partial charge in [-0.05, 0) is 24.3 Å². The van der Waals surface area contributed by atoms with Gasteiger partial charge in [-0.1, -0.05) is 36.4 Å². The lowest BCUT2D eigenvalue weighted by molar-refractivity contribution is -0.119. The summed E-state index contributed by atoms with van der Waals surface area (Å²) in [4.78, 5) is 32.9. The molecule has 25 heavy (non-hydrogen) atoms. The fourth-order valence-corrected chi connectivity index (χ4v) is 3.29. The first kappa shape index (κ1) is 13.8. The van der Waals surface area contributed by atoms with Crippen molar-refractivity contribution in [3.63, 3.8) is 0 Å². The molecule has 3 heterocycles. The molecule has 2 aromatic heterocycles. The van der Waals surface area contributed by atoms with E-state index in [9.17, 15) is 9.59 Å². The summed E-state index contributed by atoms with van der Waals surface area (Å²) in [5.74, 6) is -0.188. The van der Waals surface area contributed by atoms with E-state index in [2.05, 4.69) is 9.97 Å². The van der Waals surface area contributed by atoms with Crippen LogP contribution in [0.4, 0.5) is 5.82 Å². The molecule has 5 rings (SSSR count). The van der Waals surface area contributed by atoms with Gasteiger partial charge in [-0.15, -0.1) is 0 Å². The van der Waals surface area contributed by atoms with Crippen molar-refractivity contribution in [3.8, 4) is 0 Å². The van der Waals surface area contributed by atoms with Crippen molar-refractivity contribution in [1.29, 1.82) is 0 Å². The lowest BCUT2D eigenvalue weighted by atomic mass is 10.2. The number of para-hydroxylation sites is 2. The topological polar surface area (TPSA) is 69.0 Å². The zero-order chi connectivity index (χ0) is 17.0. The first-order chi connectivity index (χ1) is 12.2. The van der Waals surface area contributed by atoms with E-state index in [4.69, 9.17) is 0 Å². The third-order valence-electron chi connectivity index (χ3n) is 4.50. The molecule has 4 aromatic rings. The lowest BCUT2D eigenvalue weighted by Gasteiger charge is -2.12. The number of carbonyl (C=O) groups excluding carboxylic acids is 2. The van der Waals surface area contributed by atoms with Gasteiger partial charge in [-0.25, -0.2) is 4.90 Å². The average Bonchev–Trinajstić information content (AvgIpc) is 3.29. The van der Waals surface area contributed by atoms with Gasteiger partial charge < -0.3 is 9.97 Å². The molecule has 0 unspecified atom stereocenters. The predicted molar refractivity (Wildman–Crippen MR) is 97.1 cm³/mol. The second kappa shape index (κ2) is 4.95. The lowest BCUT2D eigenvalue weighted by Crippen LogP contribution is -2.30. The summed E-state index contributed by atoms with van der Waals surface area (Å²) >= 11 is 0. The second-order valence-corrected chi connectivity index (χ2v) is 6.05. The Hall–Kier alpha value is -3.60. The standard InChI is InChI=1S/C20H13N3O2/c24-19-11-14(17-9-12-5-1-3-7-15(12)21-17)20(25)23(19)18-10-13-6-2-4-8-16(13)22-18/h1-11,21-22H. The number of amides is 2. The maximum atomic E-state index is 12.9. The maximum Gasteiger partial charge on any atom is 0.268 e. The minimum absolute atomic E-state index is 0.330. The molecule has 0 bridgehead atoms. The fourth-order valence-electron chi connectivity index (χ4n) is 3.29. The van der Waals surface area contributed by atoms with Crippen molar-refractivity contribution in [2.24, 2.45) is 0 Å². The second-order valence-electron chi connectivity index (χ2n) is 6.05. The van der Waals surface area contributed by atoms with E-state index in [1.807, 2.05) is 60.7 Å². The number of anilines is 1. The minimum atomic E-state index is -0.342. The Morgan fingerprint density at radius 1 is 0.760 bits per heavy atom. The summed E-state index contributed by atoms with van der Waals surface area (Å²) in [6, 6.07) is 19.1. The van der Waals surface area contributed by atoms with E-state index in [0.717, 1.165) is 21.8 Å². The molecule has 2 N–H and O–H groups in total. The van der Waals surface area contributed by atoms with E-state index >= 15 is 0 Å². The van der Waals surface area contributed by atoms with Crippen LogP contribution in [0.25, 0.3) is 27.4 Å². The summed E-state index contributed by atoms with van der Waals surface area (Å²) in [6.07, 6.45) is 1.39. The molecule has 0 fully saturated rings. The number of hydrogen-bond donors (Lipinski definition) is 2.